The van der Waals surface area contributed by atoms with Crippen LogP contribution < -0.4 is 0 Å². The molecule has 2 nitrogen and oxygen atoms in total. The molecule has 2 fully saturated rings. The monoisotopic (exact) mass is 236 g/mol. The summed E-state index contributed by atoms with van der Waals surface area (Å²) in [4.78, 5) is 23.3. The van der Waals surface area contributed by atoms with Gasteiger partial charge in [0.25, 0.3) is 0 Å². The van der Waals surface area contributed by atoms with Crippen LogP contribution in [-0.4, -0.2) is 11.6 Å². The molecular weight excluding hydrogens is 212 g/mol. The van der Waals surface area contributed by atoms with Gasteiger partial charge in [-0.05, 0) is 42.9 Å². The summed E-state index contributed by atoms with van der Waals surface area (Å²) in [6, 6.07) is 0. The van der Waals surface area contributed by atoms with Crippen molar-refractivity contribution in [1.82, 2.24) is 0 Å². The van der Waals surface area contributed by atoms with Crippen molar-refractivity contribution in [3.63, 3.8) is 0 Å². The number of rotatable bonds is 3. The maximum Gasteiger partial charge on any atom is 0.136 e. The van der Waals surface area contributed by atoms with Crippen molar-refractivity contribution in [2.75, 3.05) is 0 Å². The maximum atomic E-state index is 12.1. The zero-order chi connectivity index (χ0) is 12.8. The van der Waals surface area contributed by atoms with Gasteiger partial charge >= 0.3 is 0 Å². The molecule has 0 N–H and O–H groups in total. The molecule has 0 spiro atoms. The first kappa shape index (κ1) is 12.8. The molecule has 0 aromatic rings. The lowest BCUT2D eigenvalue weighted by Gasteiger charge is -2.29. The SMILES string of the molecule is CC(=O)CCC1C2C(=O)CCC2(C)CC1(C)C. The number of ketones is 2. The molecule has 3 unspecified atom stereocenters. The summed E-state index contributed by atoms with van der Waals surface area (Å²) in [6.45, 7) is 8.47. The van der Waals surface area contributed by atoms with E-state index in [1.54, 1.807) is 6.92 Å². The standard InChI is InChI=1S/C15H24O2/c1-10(16)5-6-11-13-12(17)7-8-15(13,4)9-14(11,2)3/h11,13H,5-9H2,1-4H3. The summed E-state index contributed by atoms with van der Waals surface area (Å²) in [5.41, 5.74) is 0.424. The van der Waals surface area contributed by atoms with E-state index in [4.69, 9.17) is 0 Å². The molecule has 96 valence electrons. The van der Waals surface area contributed by atoms with E-state index in [0.717, 1.165) is 25.7 Å². The van der Waals surface area contributed by atoms with Crippen molar-refractivity contribution in [1.29, 1.82) is 0 Å². The third-order valence-electron chi connectivity index (χ3n) is 5.11. The van der Waals surface area contributed by atoms with Crippen molar-refractivity contribution >= 4 is 11.6 Å². The molecule has 2 saturated carbocycles. The lowest BCUT2D eigenvalue weighted by atomic mass is 9.74. The van der Waals surface area contributed by atoms with Crippen LogP contribution in [0.15, 0.2) is 0 Å². The van der Waals surface area contributed by atoms with E-state index in [0.29, 0.717) is 18.1 Å². The van der Waals surface area contributed by atoms with Gasteiger partial charge in [-0.25, -0.2) is 0 Å². The summed E-state index contributed by atoms with van der Waals surface area (Å²) in [6.07, 6.45) is 4.48. The van der Waals surface area contributed by atoms with Crippen LogP contribution >= 0.6 is 0 Å². The summed E-state index contributed by atoms with van der Waals surface area (Å²) < 4.78 is 0. The fourth-order valence-corrected chi connectivity index (χ4v) is 4.56. The van der Waals surface area contributed by atoms with E-state index >= 15 is 0 Å². The number of hydrogen-bond donors (Lipinski definition) is 0. The number of carbonyl (C=O) groups is 2. The second-order valence-electron chi connectivity index (χ2n) is 7.11. The average molecular weight is 236 g/mol. The maximum absolute atomic E-state index is 12.1. The number of carbonyl (C=O) groups excluding carboxylic acids is 2. The van der Waals surface area contributed by atoms with Gasteiger partial charge in [0.2, 0.25) is 0 Å². The van der Waals surface area contributed by atoms with Crippen molar-refractivity contribution in [3.8, 4) is 0 Å². The minimum atomic E-state index is 0.210. The molecule has 2 aliphatic carbocycles. The molecule has 0 aliphatic heterocycles. The zero-order valence-corrected chi connectivity index (χ0v) is 11.5. The molecular formula is C15H24O2. The van der Waals surface area contributed by atoms with Gasteiger partial charge < -0.3 is 4.79 Å². The lowest BCUT2D eigenvalue weighted by Crippen LogP contribution is -2.28. The lowest BCUT2D eigenvalue weighted by molar-refractivity contribution is -0.124. The normalized spacial score (nSPS) is 39.4. The summed E-state index contributed by atoms with van der Waals surface area (Å²) in [5, 5.41) is 0. The van der Waals surface area contributed by atoms with Crippen LogP contribution in [-0.2, 0) is 9.59 Å². The van der Waals surface area contributed by atoms with E-state index in [1.165, 1.54) is 0 Å². The van der Waals surface area contributed by atoms with Crippen molar-refractivity contribution < 1.29 is 9.59 Å². The van der Waals surface area contributed by atoms with Gasteiger partial charge in [-0.3, -0.25) is 4.79 Å². The third kappa shape index (κ3) is 2.07. The molecule has 17 heavy (non-hydrogen) atoms. The smallest absolute Gasteiger partial charge is 0.136 e. The number of hydrogen-bond acceptors (Lipinski definition) is 2. The summed E-state index contributed by atoms with van der Waals surface area (Å²) in [5.74, 6) is 1.33. The predicted octanol–water partition coefficient (Wildman–Crippen LogP) is 3.39. The molecule has 0 saturated heterocycles. The first-order valence-corrected chi connectivity index (χ1v) is 6.78. The largest absolute Gasteiger partial charge is 0.300 e. The molecule has 2 aliphatic rings. The highest BCUT2D eigenvalue weighted by Crippen LogP contribution is 2.63. The van der Waals surface area contributed by atoms with Crippen molar-refractivity contribution in [3.05, 3.63) is 0 Å². The quantitative estimate of drug-likeness (QED) is 0.752. The van der Waals surface area contributed by atoms with E-state index < -0.39 is 0 Å². The molecule has 0 radical (unpaired) electrons. The third-order valence-corrected chi connectivity index (χ3v) is 5.11. The van der Waals surface area contributed by atoms with Crippen LogP contribution in [0.3, 0.4) is 0 Å². The Labute approximate surface area is 104 Å². The van der Waals surface area contributed by atoms with Crippen LogP contribution in [0.5, 0.6) is 0 Å². The fraction of sp³-hybridized carbons (Fsp3) is 0.867. The number of fused-ring (bicyclic) bond motifs is 1. The molecule has 0 aromatic heterocycles. The highest BCUT2D eigenvalue weighted by Gasteiger charge is 2.59. The first-order valence-electron chi connectivity index (χ1n) is 6.78. The molecule has 2 rings (SSSR count). The topological polar surface area (TPSA) is 34.1 Å². The number of Topliss-reactive ketones (excluding diaryl/α,β-unsaturated/α-hetero) is 2. The Kier molecular flexibility index (Phi) is 2.95. The van der Waals surface area contributed by atoms with Crippen LogP contribution in [0.4, 0.5) is 0 Å². The highest BCUT2D eigenvalue weighted by molar-refractivity contribution is 5.85. The van der Waals surface area contributed by atoms with Gasteiger partial charge in [-0.15, -0.1) is 0 Å². The molecule has 2 heteroatoms. The van der Waals surface area contributed by atoms with Gasteiger partial charge in [0.05, 0.1) is 0 Å². The van der Waals surface area contributed by atoms with Crippen LogP contribution in [0.25, 0.3) is 0 Å². The first-order chi connectivity index (χ1) is 7.76. The molecule has 0 aromatic carbocycles. The van der Waals surface area contributed by atoms with Crippen molar-refractivity contribution in [2.24, 2.45) is 22.7 Å². The van der Waals surface area contributed by atoms with Crippen molar-refractivity contribution in [2.45, 2.75) is 59.8 Å². The van der Waals surface area contributed by atoms with E-state index in [1.807, 2.05) is 0 Å². The Morgan fingerprint density at radius 2 is 2.00 bits per heavy atom. The Morgan fingerprint density at radius 3 is 2.59 bits per heavy atom. The second kappa shape index (κ2) is 3.93. The second-order valence-corrected chi connectivity index (χ2v) is 7.11. The van der Waals surface area contributed by atoms with Gasteiger partial charge in [-0.2, -0.15) is 0 Å². The average Bonchev–Trinajstić information content (AvgIpc) is 2.54. The summed E-state index contributed by atoms with van der Waals surface area (Å²) >= 11 is 0. The van der Waals surface area contributed by atoms with Gasteiger partial charge in [0.1, 0.15) is 11.6 Å². The minimum Gasteiger partial charge on any atom is -0.300 e. The zero-order valence-electron chi connectivity index (χ0n) is 11.5. The van der Waals surface area contributed by atoms with E-state index in [9.17, 15) is 9.59 Å². The Bertz CT molecular complexity index is 356. The predicted molar refractivity (Wildman–Crippen MR) is 67.6 cm³/mol. The van der Waals surface area contributed by atoms with Crippen LogP contribution in [0.1, 0.15) is 59.8 Å². The Hall–Kier alpha value is -0.660. The molecule has 3 atom stereocenters. The van der Waals surface area contributed by atoms with Crippen LogP contribution in [0, 0.1) is 22.7 Å². The molecule has 0 amide bonds. The van der Waals surface area contributed by atoms with Gasteiger partial charge in [0, 0.05) is 18.8 Å². The fourth-order valence-electron chi connectivity index (χ4n) is 4.56. The molecule has 0 heterocycles. The van der Waals surface area contributed by atoms with E-state index in [-0.39, 0.29) is 22.5 Å². The van der Waals surface area contributed by atoms with E-state index in [2.05, 4.69) is 20.8 Å². The van der Waals surface area contributed by atoms with Gasteiger partial charge in [0.15, 0.2) is 0 Å². The van der Waals surface area contributed by atoms with Crippen LogP contribution in [0.2, 0.25) is 0 Å². The molecule has 0 bridgehead atoms. The Morgan fingerprint density at radius 1 is 1.35 bits per heavy atom. The summed E-state index contributed by atoms with van der Waals surface area (Å²) in [7, 11) is 0. The Balaban J connectivity index is 2.22. The van der Waals surface area contributed by atoms with Gasteiger partial charge in [-0.1, -0.05) is 20.8 Å². The minimum absolute atomic E-state index is 0.210. The highest BCUT2D eigenvalue weighted by atomic mass is 16.1.